The molecule has 1 unspecified atom stereocenters. The first-order chi connectivity index (χ1) is 8.86. The van der Waals surface area contributed by atoms with Crippen molar-refractivity contribution in [1.82, 2.24) is 15.5 Å². The summed E-state index contributed by atoms with van der Waals surface area (Å²) in [7, 11) is 0. The third-order valence-electron chi connectivity index (χ3n) is 2.78. The van der Waals surface area contributed by atoms with Crippen LogP contribution < -0.4 is 10.6 Å². The topological polar surface area (TPSA) is 95.6 Å². The number of urea groups is 1. The second-order valence-corrected chi connectivity index (χ2v) is 4.72. The molecule has 1 fully saturated rings. The molecule has 0 aromatic heterocycles. The average Bonchev–Trinajstić information content (AvgIpc) is 2.27. The van der Waals surface area contributed by atoms with Gasteiger partial charge in [-0.15, -0.1) is 0 Å². The standard InChI is InChI=1S/C12H19N3O4/c1-4-8-10(17)14-12(19)15(11(8)18)6-5-9(16)13-7(2)3/h7-8H,4-6H2,1-3H3,(H,13,16)(H,14,17,19). The number of carbonyl (C=O) groups excluding carboxylic acids is 4. The van der Waals surface area contributed by atoms with Gasteiger partial charge in [0.15, 0.2) is 0 Å². The Hall–Kier alpha value is -1.92. The zero-order valence-corrected chi connectivity index (χ0v) is 11.4. The van der Waals surface area contributed by atoms with E-state index in [0.29, 0.717) is 6.42 Å². The highest BCUT2D eigenvalue weighted by Gasteiger charge is 2.39. The fourth-order valence-electron chi connectivity index (χ4n) is 1.84. The summed E-state index contributed by atoms with van der Waals surface area (Å²) in [6.45, 7) is 5.32. The van der Waals surface area contributed by atoms with Crippen molar-refractivity contribution in [3.8, 4) is 0 Å². The molecule has 5 amide bonds. The van der Waals surface area contributed by atoms with Crippen LogP contribution in [0.25, 0.3) is 0 Å². The summed E-state index contributed by atoms with van der Waals surface area (Å²) in [5.74, 6) is -2.18. The molecule has 106 valence electrons. The van der Waals surface area contributed by atoms with E-state index in [1.807, 2.05) is 13.8 Å². The third-order valence-corrected chi connectivity index (χ3v) is 2.78. The summed E-state index contributed by atoms with van der Waals surface area (Å²) < 4.78 is 0. The third kappa shape index (κ3) is 3.77. The minimum Gasteiger partial charge on any atom is -0.354 e. The highest BCUT2D eigenvalue weighted by atomic mass is 16.2. The number of amides is 5. The van der Waals surface area contributed by atoms with Gasteiger partial charge in [0, 0.05) is 19.0 Å². The van der Waals surface area contributed by atoms with E-state index in [0.717, 1.165) is 4.90 Å². The lowest BCUT2D eigenvalue weighted by Crippen LogP contribution is -2.58. The lowest BCUT2D eigenvalue weighted by atomic mass is 10.0. The number of carbonyl (C=O) groups is 4. The van der Waals surface area contributed by atoms with E-state index in [2.05, 4.69) is 10.6 Å². The van der Waals surface area contributed by atoms with E-state index in [9.17, 15) is 19.2 Å². The smallest absolute Gasteiger partial charge is 0.330 e. The van der Waals surface area contributed by atoms with E-state index in [1.165, 1.54) is 0 Å². The summed E-state index contributed by atoms with van der Waals surface area (Å²) >= 11 is 0. The molecule has 0 radical (unpaired) electrons. The van der Waals surface area contributed by atoms with Crippen molar-refractivity contribution in [1.29, 1.82) is 0 Å². The highest BCUT2D eigenvalue weighted by molar-refractivity contribution is 6.16. The van der Waals surface area contributed by atoms with Gasteiger partial charge in [-0.2, -0.15) is 0 Å². The minimum absolute atomic E-state index is 0.00310. The van der Waals surface area contributed by atoms with Gasteiger partial charge in [-0.25, -0.2) is 4.79 Å². The Bertz CT molecular complexity index is 406. The molecule has 0 spiro atoms. The van der Waals surface area contributed by atoms with Crippen LogP contribution in [0.4, 0.5) is 4.79 Å². The number of nitrogens with zero attached hydrogens (tertiary/aromatic N) is 1. The Kier molecular flexibility index (Phi) is 5.02. The Balaban J connectivity index is 2.61. The van der Waals surface area contributed by atoms with Crippen molar-refractivity contribution >= 4 is 23.8 Å². The maximum Gasteiger partial charge on any atom is 0.330 e. The second kappa shape index (κ2) is 6.31. The lowest BCUT2D eigenvalue weighted by molar-refractivity contribution is -0.142. The molecule has 1 atom stereocenters. The monoisotopic (exact) mass is 269 g/mol. The summed E-state index contributed by atoms with van der Waals surface area (Å²) in [6, 6.07) is -0.750. The molecular formula is C12H19N3O4. The van der Waals surface area contributed by atoms with E-state index >= 15 is 0 Å². The van der Waals surface area contributed by atoms with Gasteiger partial charge in [0.1, 0.15) is 5.92 Å². The van der Waals surface area contributed by atoms with Crippen LogP contribution in [0.5, 0.6) is 0 Å². The second-order valence-electron chi connectivity index (χ2n) is 4.72. The number of hydrogen-bond acceptors (Lipinski definition) is 4. The first kappa shape index (κ1) is 15.1. The number of barbiturate groups is 1. The van der Waals surface area contributed by atoms with Gasteiger partial charge in [-0.3, -0.25) is 24.6 Å². The molecule has 7 nitrogen and oxygen atoms in total. The van der Waals surface area contributed by atoms with Crippen LogP contribution >= 0.6 is 0 Å². The molecule has 19 heavy (non-hydrogen) atoms. The van der Waals surface area contributed by atoms with Crippen LogP contribution in [-0.4, -0.2) is 41.2 Å². The number of rotatable bonds is 5. The first-order valence-electron chi connectivity index (χ1n) is 6.32. The lowest BCUT2D eigenvalue weighted by Gasteiger charge is -2.29. The predicted octanol–water partition coefficient (Wildman–Crippen LogP) is 0.00570. The summed E-state index contributed by atoms with van der Waals surface area (Å²) in [4.78, 5) is 47.3. The summed E-state index contributed by atoms with van der Waals surface area (Å²) in [5.41, 5.74) is 0. The molecule has 1 aliphatic heterocycles. The van der Waals surface area contributed by atoms with Gasteiger partial charge in [-0.1, -0.05) is 6.92 Å². The molecule has 1 aliphatic rings. The minimum atomic E-state index is -0.842. The van der Waals surface area contributed by atoms with E-state index in [1.54, 1.807) is 6.92 Å². The van der Waals surface area contributed by atoms with Crippen molar-refractivity contribution in [2.24, 2.45) is 5.92 Å². The SMILES string of the molecule is CCC1C(=O)NC(=O)N(CCC(=O)NC(C)C)C1=O. The van der Waals surface area contributed by atoms with Crippen LogP contribution in [0, 0.1) is 5.92 Å². The molecule has 0 aromatic rings. The summed E-state index contributed by atoms with van der Waals surface area (Å²) in [5, 5.41) is 4.79. The van der Waals surface area contributed by atoms with Gasteiger partial charge in [-0.05, 0) is 20.3 Å². The normalized spacial score (nSPS) is 19.7. The number of nitrogens with one attached hydrogen (secondary N) is 2. The van der Waals surface area contributed by atoms with Crippen molar-refractivity contribution in [2.75, 3.05) is 6.54 Å². The Morgan fingerprint density at radius 1 is 1.37 bits per heavy atom. The van der Waals surface area contributed by atoms with Crippen LogP contribution in [0.2, 0.25) is 0 Å². The van der Waals surface area contributed by atoms with Crippen LogP contribution in [0.3, 0.4) is 0 Å². The van der Waals surface area contributed by atoms with Crippen LogP contribution in [-0.2, 0) is 14.4 Å². The molecule has 1 heterocycles. The molecule has 0 aliphatic carbocycles. The zero-order chi connectivity index (χ0) is 14.6. The van der Waals surface area contributed by atoms with Crippen molar-refractivity contribution in [2.45, 2.75) is 39.7 Å². The van der Waals surface area contributed by atoms with E-state index in [-0.39, 0.29) is 24.9 Å². The first-order valence-corrected chi connectivity index (χ1v) is 6.32. The maximum absolute atomic E-state index is 11.9. The zero-order valence-electron chi connectivity index (χ0n) is 11.4. The summed E-state index contributed by atoms with van der Waals surface area (Å²) in [6.07, 6.45) is 0.356. The fraction of sp³-hybridized carbons (Fsp3) is 0.667. The molecule has 1 rings (SSSR count). The van der Waals surface area contributed by atoms with Crippen molar-refractivity contribution in [3.05, 3.63) is 0 Å². The maximum atomic E-state index is 11.9. The van der Waals surface area contributed by atoms with Crippen LogP contribution in [0.15, 0.2) is 0 Å². The molecule has 7 heteroatoms. The Labute approximate surface area is 111 Å². The van der Waals surface area contributed by atoms with Gasteiger partial charge >= 0.3 is 6.03 Å². The molecule has 0 aromatic carbocycles. The van der Waals surface area contributed by atoms with Crippen LogP contribution in [0.1, 0.15) is 33.6 Å². The van der Waals surface area contributed by atoms with Crippen molar-refractivity contribution < 1.29 is 19.2 Å². The van der Waals surface area contributed by atoms with E-state index < -0.39 is 23.8 Å². The molecule has 2 N–H and O–H groups in total. The molecular weight excluding hydrogens is 250 g/mol. The fourth-order valence-corrected chi connectivity index (χ4v) is 1.84. The van der Waals surface area contributed by atoms with Gasteiger partial charge < -0.3 is 5.32 Å². The molecule has 0 saturated carbocycles. The quantitative estimate of drug-likeness (QED) is 0.687. The molecule has 1 saturated heterocycles. The largest absolute Gasteiger partial charge is 0.354 e. The molecule has 0 bridgehead atoms. The van der Waals surface area contributed by atoms with Gasteiger partial charge in [0.2, 0.25) is 17.7 Å². The average molecular weight is 269 g/mol. The Morgan fingerprint density at radius 3 is 2.53 bits per heavy atom. The number of hydrogen-bond donors (Lipinski definition) is 2. The van der Waals surface area contributed by atoms with Gasteiger partial charge in [0.25, 0.3) is 0 Å². The van der Waals surface area contributed by atoms with Gasteiger partial charge in [0.05, 0.1) is 0 Å². The number of imide groups is 2. The van der Waals surface area contributed by atoms with E-state index in [4.69, 9.17) is 0 Å². The highest BCUT2D eigenvalue weighted by Crippen LogP contribution is 2.14. The predicted molar refractivity (Wildman–Crippen MR) is 66.9 cm³/mol. The van der Waals surface area contributed by atoms with Crippen molar-refractivity contribution in [3.63, 3.8) is 0 Å². The Morgan fingerprint density at radius 2 is 2.00 bits per heavy atom.